The molecule has 1 aromatic heterocycles. The van der Waals surface area contributed by atoms with Gasteiger partial charge in [-0.2, -0.15) is 13.9 Å². The summed E-state index contributed by atoms with van der Waals surface area (Å²) in [5.41, 5.74) is 0. The SMILES string of the molecule is FC(F)Oc1nncc2ccccc12. The smallest absolute Gasteiger partial charge is 0.388 e. The Hall–Kier alpha value is -1.78. The van der Waals surface area contributed by atoms with Crippen molar-refractivity contribution in [2.75, 3.05) is 0 Å². The second-order valence-electron chi connectivity index (χ2n) is 2.62. The van der Waals surface area contributed by atoms with E-state index in [4.69, 9.17) is 0 Å². The molecule has 0 spiro atoms. The number of rotatable bonds is 2. The van der Waals surface area contributed by atoms with Gasteiger partial charge in [0.15, 0.2) is 0 Å². The topological polar surface area (TPSA) is 35.0 Å². The van der Waals surface area contributed by atoms with Gasteiger partial charge >= 0.3 is 6.61 Å². The molecule has 1 heterocycles. The molecule has 0 aliphatic rings. The zero-order chi connectivity index (χ0) is 9.97. The highest BCUT2D eigenvalue weighted by atomic mass is 19.3. The lowest BCUT2D eigenvalue weighted by molar-refractivity contribution is -0.0522. The van der Waals surface area contributed by atoms with Crippen LogP contribution >= 0.6 is 0 Å². The van der Waals surface area contributed by atoms with Gasteiger partial charge in [-0.25, -0.2) is 0 Å². The van der Waals surface area contributed by atoms with E-state index in [-0.39, 0.29) is 5.88 Å². The number of fused-ring (bicyclic) bond motifs is 1. The molecule has 72 valence electrons. The summed E-state index contributed by atoms with van der Waals surface area (Å²) < 4.78 is 28.1. The Morgan fingerprint density at radius 2 is 2.00 bits per heavy atom. The van der Waals surface area contributed by atoms with Crippen LogP contribution in [0.1, 0.15) is 0 Å². The highest BCUT2D eigenvalue weighted by molar-refractivity contribution is 5.85. The molecule has 0 radical (unpaired) electrons. The molecule has 14 heavy (non-hydrogen) atoms. The Labute approximate surface area is 78.3 Å². The predicted molar refractivity (Wildman–Crippen MR) is 46.2 cm³/mol. The quantitative estimate of drug-likeness (QED) is 0.738. The van der Waals surface area contributed by atoms with E-state index in [1.165, 1.54) is 6.20 Å². The molecule has 0 unspecified atom stereocenters. The number of hydrogen-bond acceptors (Lipinski definition) is 3. The van der Waals surface area contributed by atoms with E-state index in [2.05, 4.69) is 14.9 Å². The summed E-state index contributed by atoms with van der Waals surface area (Å²) in [6, 6.07) is 6.92. The van der Waals surface area contributed by atoms with Crippen LogP contribution in [0.25, 0.3) is 10.8 Å². The van der Waals surface area contributed by atoms with Crippen LogP contribution < -0.4 is 4.74 Å². The first kappa shape index (κ1) is 8.80. The molecular weight excluding hydrogens is 190 g/mol. The van der Waals surface area contributed by atoms with Crippen LogP contribution in [0.2, 0.25) is 0 Å². The van der Waals surface area contributed by atoms with Gasteiger partial charge in [-0.3, -0.25) is 0 Å². The van der Waals surface area contributed by atoms with E-state index in [0.29, 0.717) is 5.39 Å². The lowest BCUT2D eigenvalue weighted by atomic mass is 10.2. The maximum absolute atomic E-state index is 12.0. The molecule has 3 nitrogen and oxygen atoms in total. The number of halogens is 2. The van der Waals surface area contributed by atoms with Crippen LogP contribution in [-0.2, 0) is 0 Å². The van der Waals surface area contributed by atoms with E-state index < -0.39 is 6.61 Å². The zero-order valence-electron chi connectivity index (χ0n) is 7.02. The van der Waals surface area contributed by atoms with Gasteiger partial charge in [0.25, 0.3) is 0 Å². The lowest BCUT2D eigenvalue weighted by Gasteiger charge is -2.04. The van der Waals surface area contributed by atoms with Crippen molar-refractivity contribution in [2.24, 2.45) is 0 Å². The molecule has 0 atom stereocenters. The first-order valence-corrected chi connectivity index (χ1v) is 3.92. The molecule has 0 aliphatic carbocycles. The zero-order valence-corrected chi connectivity index (χ0v) is 7.02. The summed E-state index contributed by atoms with van der Waals surface area (Å²) in [5.74, 6) is -0.141. The van der Waals surface area contributed by atoms with E-state index >= 15 is 0 Å². The van der Waals surface area contributed by atoms with Crippen molar-refractivity contribution in [1.29, 1.82) is 0 Å². The van der Waals surface area contributed by atoms with Crippen molar-refractivity contribution in [3.8, 4) is 5.88 Å². The fourth-order valence-electron chi connectivity index (χ4n) is 1.17. The number of benzene rings is 1. The molecule has 0 N–H and O–H groups in total. The van der Waals surface area contributed by atoms with Gasteiger partial charge in [-0.05, 0) is 6.07 Å². The maximum Gasteiger partial charge on any atom is 0.388 e. The van der Waals surface area contributed by atoms with Gasteiger partial charge in [0.1, 0.15) is 0 Å². The average molecular weight is 196 g/mol. The minimum atomic E-state index is -2.88. The predicted octanol–water partition coefficient (Wildman–Crippen LogP) is 2.23. The lowest BCUT2D eigenvalue weighted by Crippen LogP contribution is -2.04. The molecule has 5 heteroatoms. The van der Waals surface area contributed by atoms with Crippen molar-refractivity contribution in [1.82, 2.24) is 10.2 Å². The van der Waals surface area contributed by atoms with Crippen molar-refractivity contribution >= 4 is 10.8 Å². The summed E-state index contributed by atoms with van der Waals surface area (Å²) in [4.78, 5) is 0. The van der Waals surface area contributed by atoms with Crippen molar-refractivity contribution in [3.63, 3.8) is 0 Å². The molecule has 2 aromatic rings. The molecule has 0 aliphatic heterocycles. The van der Waals surface area contributed by atoms with Gasteiger partial charge < -0.3 is 4.74 Å². The summed E-state index contributed by atoms with van der Waals surface area (Å²) in [5, 5.41) is 8.30. The third kappa shape index (κ3) is 1.61. The first-order chi connectivity index (χ1) is 6.77. The van der Waals surface area contributed by atoms with E-state index in [1.54, 1.807) is 24.3 Å². The summed E-state index contributed by atoms with van der Waals surface area (Å²) in [7, 11) is 0. The van der Waals surface area contributed by atoms with E-state index in [0.717, 1.165) is 5.39 Å². The second kappa shape index (κ2) is 3.53. The van der Waals surface area contributed by atoms with Gasteiger partial charge in [-0.1, -0.05) is 18.2 Å². The minimum absolute atomic E-state index is 0.141. The Morgan fingerprint density at radius 3 is 2.79 bits per heavy atom. The third-order valence-electron chi connectivity index (χ3n) is 1.74. The summed E-state index contributed by atoms with van der Waals surface area (Å²) >= 11 is 0. The van der Waals surface area contributed by atoms with Crippen molar-refractivity contribution in [3.05, 3.63) is 30.5 Å². The number of aromatic nitrogens is 2. The van der Waals surface area contributed by atoms with Crippen LogP contribution in [0.5, 0.6) is 5.88 Å². The molecular formula is C9H6F2N2O. The summed E-state index contributed by atoms with van der Waals surface area (Å²) in [6.07, 6.45) is 1.49. The monoisotopic (exact) mass is 196 g/mol. The van der Waals surface area contributed by atoms with Crippen molar-refractivity contribution in [2.45, 2.75) is 6.61 Å². The molecule has 0 fully saturated rings. The van der Waals surface area contributed by atoms with E-state index in [1.807, 2.05) is 0 Å². The molecule has 0 saturated heterocycles. The number of hydrogen-bond donors (Lipinski definition) is 0. The van der Waals surface area contributed by atoms with Crippen LogP contribution in [0.4, 0.5) is 8.78 Å². The van der Waals surface area contributed by atoms with Crippen molar-refractivity contribution < 1.29 is 13.5 Å². The van der Waals surface area contributed by atoms with Gasteiger partial charge in [0.2, 0.25) is 5.88 Å². The number of alkyl halides is 2. The Bertz CT molecular complexity index is 442. The molecule has 2 rings (SSSR count). The molecule has 1 aromatic carbocycles. The number of ether oxygens (including phenoxy) is 1. The van der Waals surface area contributed by atoms with Crippen LogP contribution in [0.3, 0.4) is 0 Å². The Balaban J connectivity index is 2.53. The van der Waals surface area contributed by atoms with Crippen LogP contribution in [0.15, 0.2) is 30.5 Å². The average Bonchev–Trinajstić information content (AvgIpc) is 2.18. The minimum Gasteiger partial charge on any atom is -0.415 e. The highest BCUT2D eigenvalue weighted by Crippen LogP contribution is 2.22. The Morgan fingerprint density at radius 1 is 1.21 bits per heavy atom. The first-order valence-electron chi connectivity index (χ1n) is 3.92. The van der Waals surface area contributed by atoms with Gasteiger partial charge in [-0.15, -0.1) is 5.10 Å². The second-order valence-corrected chi connectivity index (χ2v) is 2.62. The van der Waals surface area contributed by atoms with Crippen LogP contribution in [0, 0.1) is 0 Å². The fourth-order valence-corrected chi connectivity index (χ4v) is 1.17. The van der Waals surface area contributed by atoms with Gasteiger partial charge in [0.05, 0.1) is 6.20 Å². The molecule has 0 saturated carbocycles. The Kier molecular flexibility index (Phi) is 2.22. The highest BCUT2D eigenvalue weighted by Gasteiger charge is 2.09. The fraction of sp³-hybridized carbons (Fsp3) is 0.111. The normalized spacial score (nSPS) is 10.8. The third-order valence-corrected chi connectivity index (χ3v) is 1.74. The standard InChI is InChI=1S/C9H6F2N2O/c10-9(11)14-8-7-4-2-1-3-6(7)5-12-13-8/h1-5,9H. The van der Waals surface area contributed by atoms with E-state index in [9.17, 15) is 8.78 Å². The molecule has 0 amide bonds. The van der Waals surface area contributed by atoms with Crippen LogP contribution in [-0.4, -0.2) is 16.8 Å². The largest absolute Gasteiger partial charge is 0.415 e. The maximum atomic E-state index is 12.0. The number of nitrogens with zero attached hydrogens (tertiary/aromatic N) is 2. The molecule has 0 bridgehead atoms. The summed E-state index contributed by atoms with van der Waals surface area (Å²) in [6.45, 7) is -2.88. The van der Waals surface area contributed by atoms with Gasteiger partial charge in [0, 0.05) is 10.8 Å².